The van der Waals surface area contributed by atoms with Gasteiger partial charge in [-0.2, -0.15) is 0 Å². The Bertz CT molecular complexity index is 1580. The van der Waals surface area contributed by atoms with Gasteiger partial charge in [0.2, 0.25) is 0 Å². The molecule has 3 aromatic carbocycles. The van der Waals surface area contributed by atoms with Gasteiger partial charge < -0.3 is 0 Å². The molecule has 0 saturated heterocycles. The van der Waals surface area contributed by atoms with E-state index >= 15 is 0 Å². The monoisotopic (exact) mass is 463 g/mol. The second-order valence-electron chi connectivity index (χ2n) is 11.7. The summed E-state index contributed by atoms with van der Waals surface area (Å²) < 4.78 is 2.69. The van der Waals surface area contributed by atoms with Crippen molar-refractivity contribution in [1.29, 1.82) is 0 Å². The van der Waals surface area contributed by atoms with Crippen LogP contribution in [0.3, 0.4) is 0 Å². The first-order valence-electron chi connectivity index (χ1n) is 12.6. The van der Waals surface area contributed by atoms with E-state index in [1.54, 1.807) is 0 Å². The Balaban J connectivity index is 1.66. The Morgan fingerprint density at radius 3 is 2.15 bits per heavy atom. The van der Waals surface area contributed by atoms with Gasteiger partial charge in [-0.1, -0.05) is 77.9 Å². The molecule has 0 amide bonds. The lowest BCUT2D eigenvalue weighted by Gasteiger charge is -2.41. The Morgan fingerprint density at radius 1 is 0.765 bits per heavy atom. The quantitative estimate of drug-likeness (QED) is 0.254. The van der Waals surface area contributed by atoms with Gasteiger partial charge in [-0.3, -0.25) is 4.98 Å². The molecule has 0 bridgehead atoms. The third kappa shape index (κ3) is 3.15. The molecule has 0 N–H and O–H groups in total. The van der Waals surface area contributed by atoms with Crippen molar-refractivity contribution in [1.82, 2.24) is 4.98 Å². The molecule has 172 valence electrons. The largest absolute Gasteiger partial charge is 0.255 e. The topological polar surface area (TPSA) is 12.9 Å². The molecule has 0 radical (unpaired) electrons. The Kier molecular flexibility index (Phi) is 4.74. The van der Waals surface area contributed by atoms with Crippen molar-refractivity contribution >= 4 is 42.3 Å². The molecule has 0 spiro atoms. The summed E-state index contributed by atoms with van der Waals surface area (Å²) in [4.78, 5) is 4.96. The van der Waals surface area contributed by atoms with Gasteiger partial charge in [0, 0.05) is 27.2 Å². The Morgan fingerprint density at radius 2 is 1.44 bits per heavy atom. The number of thiophene rings is 1. The first-order chi connectivity index (χ1) is 16.2. The number of hydrogen-bond acceptors (Lipinski definition) is 2. The van der Waals surface area contributed by atoms with Gasteiger partial charge in [-0.25, -0.2) is 0 Å². The van der Waals surface area contributed by atoms with E-state index in [-0.39, 0.29) is 10.8 Å². The van der Waals surface area contributed by atoms with Crippen molar-refractivity contribution in [3.8, 4) is 11.3 Å². The highest BCUT2D eigenvalue weighted by atomic mass is 32.1. The summed E-state index contributed by atoms with van der Waals surface area (Å²) in [6, 6.07) is 20.6. The van der Waals surface area contributed by atoms with E-state index in [9.17, 15) is 0 Å². The molecule has 2 heterocycles. The summed E-state index contributed by atoms with van der Waals surface area (Å²) in [5, 5.41) is 5.36. The average Bonchev–Trinajstić information content (AvgIpc) is 3.19. The van der Waals surface area contributed by atoms with E-state index in [0.717, 1.165) is 5.69 Å². The molecule has 0 fully saturated rings. The van der Waals surface area contributed by atoms with Crippen LogP contribution in [-0.4, -0.2) is 4.98 Å². The summed E-state index contributed by atoms with van der Waals surface area (Å²) >= 11 is 1.91. The third-order valence-electron chi connectivity index (χ3n) is 8.19. The molecular formula is C32H33NS. The van der Waals surface area contributed by atoms with Crippen LogP contribution in [0.5, 0.6) is 0 Å². The van der Waals surface area contributed by atoms with Gasteiger partial charge in [0.15, 0.2) is 0 Å². The summed E-state index contributed by atoms with van der Waals surface area (Å²) in [5.41, 5.74) is 7.25. The zero-order chi connectivity index (χ0) is 23.8. The van der Waals surface area contributed by atoms with E-state index in [1.165, 1.54) is 66.0 Å². The van der Waals surface area contributed by atoms with Crippen LogP contribution in [0.15, 0.2) is 60.8 Å². The van der Waals surface area contributed by atoms with Crippen LogP contribution < -0.4 is 0 Å². The second-order valence-corrected chi connectivity index (χ2v) is 12.8. The first kappa shape index (κ1) is 21.8. The van der Waals surface area contributed by atoms with Crippen molar-refractivity contribution < 1.29 is 0 Å². The standard InChI is InChI=1S/C32H33NS/c1-19(2)20-11-12-23(22-10-8-7-9-21(20)22)29-30-24(13-16-33-29)25-17-26-27(18-28(25)34-30)32(5,6)15-14-31(26,3)4/h7-13,16-19H,14-15H2,1-6H3. The third-order valence-corrected chi connectivity index (χ3v) is 9.37. The number of rotatable bonds is 2. The molecule has 2 heteroatoms. The average molecular weight is 464 g/mol. The minimum absolute atomic E-state index is 0.214. The molecule has 6 rings (SSSR count). The molecule has 0 aliphatic heterocycles. The lowest BCUT2D eigenvalue weighted by Crippen LogP contribution is -2.33. The fraction of sp³-hybridized carbons (Fsp3) is 0.344. The fourth-order valence-corrected chi connectivity index (χ4v) is 7.21. The van der Waals surface area contributed by atoms with Crippen LogP contribution in [0.1, 0.15) is 77.0 Å². The normalized spacial score (nSPS) is 17.0. The molecule has 0 saturated carbocycles. The zero-order valence-electron chi connectivity index (χ0n) is 21.1. The molecule has 1 aliphatic rings. The number of aromatic nitrogens is 1. The SMILES string of the molecule is CC(C)c1ccc(-c2nccc3c2sc2cc4c(cc23)C(C)(C)CCC4(C)C)c2ccccc12. The van der Waals surface area contributed by atoms with Crippen LogP contribution in [-0.2, 0) is 10.8 Å². The van der Waals surface area contributed by atoms with Crippen molar-refractivity contribution in [3.63, 3.8) is 0 Å². The maximum Gasteiger partial charge on any atom is 0.0886 e. The minimum Gasteiger partial charge on any atom is -0.255 e. The van der Waals surface area contributed by atoms with Crippen molar-refractivity contribution in [2.24, 2.45) is 0 Å². The molecule has 2 aromatic heterocycles. The number of pyridine rings is 1. The van der Waals surface area contributed by atoms with Gasteiger partial charge in [0.1, 0.15) is 0 Å². The van der Waals surface area contributed by atoms with E-state index in [0.29, 0.717) is 5.92 Å². The van der Waals surface area contributed by atoms with Crippen LogP contribution in [0.25, 0.3) is 42.2 Å². The van der Waals surface area contributed by atoms with E-state index in [2.05, 4.69) is 96.1 Å². The summed E-state index contributed by atoms with van der Waals surface area (Å²) in [7, 11) is 0. The predicted octanol–water partition coefficient (Wildman–Crippen LogP) is 9.74. The Labute approximate surface area is 206 Å². The maximum atomic E-state index is 4.96. The lowest BCUT2D eigenvalue weighted by molar-refractivity contribution is 0.332. The molecule has 1 aliphatic carbocycles. The highest BCUT2D eigenvalue weighted by Crippen LogP contribution is 2.50. The van der Waals surface area contributed by atoms with Crippen molar-refractivity contribution in [2.45, 2.75) is 71.1 Å². The predicted molar refractivity (Wildman–Crippen MR) is 149 cm³/mol. The first-order valence-corrected chi connectivity index (χ1v) is 13.4. The van der Waals surface area contributed by atoms with Gasteiger partial charge in [-0.05, 0) is 75.3 Å². The zero-order valence-corrected chi connectivity index (χ0v) is 21.9. The van der Waals surface area contributed by atoms with Gasteiger partial charge >= 0.3 is 0 Å². The smallest absolute Gasteiger partial charge is 0.0886 e. The number of benzene rings is 3. The number of fused-ring (bicyclic) bond motifs is 5. The van der Waals surface area contributed by atoms with Gasteiger partial charge in [0.05, 0.1) is 10.4 Å². The molecule has 0 atom stereocenters. The van der Waals surface area contributed by atoms with Crippen LogP contribution in [0.2, 0.25) is 0 Å². The van der Waals surface area contributed by atoms with Gasteiger partial charge in [-0.15, -0.1) is 11.3 Å². The number of nitrogens with zero attached hydrogens (tertiary/aromatic N) is 1. The van der Waals surface area contributed by atoms with E-state index < -0.39 is 0 Å². The van der Waals surface area contributed by atoms with Crippen molar-refractivity contribution in [2.75, 3.05) is 0 Å². The lowest BCUT2D eigenvalue weighted by atomic mass is 9.63. The highest BCUT2D eigenvalue weighted by molar-refractivity contribution is 7.26. The van der Waals surface area contributed by atoms with Crippen LogP contribution in [0.4, 0.5) is 0 Å². The summed E-state index contributed by atoms with van der Waals surface area (Å²) in [6.07, 6.45) is 4.48. The Hall–Kier alpha value is -2.71. The molecule has 1 nitrogen and oxygen atoms in total. The maximum absolute atomic E-state index is 4.96. The fourth-order valence-electron chi connectivity index (χ4n) is 5.99. The van der Waals surface area contributed by atoms with E-state index in [1.807, 2.05) is 17.5 Å². The number of hydrogen-bond donors (Lipinski definition) is 0. The summed E-state index contributed by atoms with van der Waals surface area (Å²) in [6.45, 7) is 14.2. The molecular weight excluding hydrogens is 430 g/mol. The highest BCUT2D eigenvalue weighted by Gasteiger charge is 2.37. The van der Waals surface area contributed by atoms with Crippen LogP contribution >= 0.6 is 11.3 Å². The molecule has 0 unspecified atom stereocenters. The molecule has 34 heavy (non-hydrogen) atoms. The summed E-state index contributed by atoms with van der Waals surface area (Å²) in [5.74, 6) is 0.491. The van der Waals surface area contributed by atoms with Crippen LogP contribution in [0, 0.1) is 0 Å². The minimum atomic E-state index is 0.214. The van der Waals surface area contributed by atoms with E-state index in [4.69, 9.17) is 4.98 Å². The second kappa shape index (κ2) is 7.39. The van der Waals surface area contributed by atoms with Crippen molar-refractivity contribution in [3.05, 3.63) is 77.5 Å². The molecule has 5 aromatic rings. The van der Waals surface area contributed by atoms with Gasteiger partial charge in [0.25, 0.3) is 0 Å².